The lowest BCUT2D eigenvalue weighted by Gasteiger charge is -2.26. The van der Waals surface area contributed by atoms with E-state index in [2.05, 4.69) is 20.6 Å². The van der Waals surface area contributed by atoms with Crippen LogP contribution in [0.3, 0.4) is 0 Å². The largest absolute Gasteiger partial charge is 0.484 e. The summed E-state index contributed by atoms with van der Waals surface area (Å²) in [6, 6.07) is 13.4. The number of rotatable bonds is 8. The maximum absolute atomic E-state index is 12.2. The van der Waals surface area contributed by atoms with E-state index < -0.39 is 5.97 Å². The van der Waals surface area contributed by atoms with Crippen molar-refractivity contribution in [2.45, 2.75) is 0 Å². The first kappa shape index (κ1) is 23.3. The third-order valence-corrected chi connectivity index (χ3v) is 5.27. The molecule has 2 heterocycles. The Balaban J connectivity index is 1.38. The maximum atomic E-state index is 12.2. The number of benzene rings is 2. The van der Waals surface area contributed by atoms with Crippen LogP contribution in [0.5, 0.6) is 5.75 Å². The van der Waals surface area contributed by atoms with Crippen LogP contribution in [0.1, 0.15) is 10.4 Å². The lowest BCUT2D eigenvalue weighted by atomic mass is 10.2. The summed E-state index contributed by atoms with van der Waals surface area (Å²) in [6.07, 6.45) is 1.41. The summed E-state index contributed by atoms with van der Waals surface area (Å²) >= 11 is 6.20. The van der Waals surface area contributed by atoms with Gasteiger partial charge in [0.1, 0.15) is 10.8 Å². The second kappa shape index (κ2) is 10.8. The molecule has 1 aromatic heterocycles. The van der Waals surface area contributed by atoms with E-state index in [1.807, 2.05) is 0 Å². The average molecular weight is 484 g/mol. The molecule has 34 heavy (non-hydrogen) atoms. The van der Waals surface area contributed by atoms with E-state index >= 15 is 0 Å². The molecule has 11 heteroatoms. The molecule has 3 N–H and O–H groups in total. The van der Waals surface area contributed by atoms with Crippen molar-refractivity contribution >= 4 is 46.6 Å². The molecule has 3 aromatic rings. The van der Waals surface area contributed by atoms with Gasteiger partial charge in [-0.05, 0) is 36.4 Å². The zero-order valence-electron chi connectivity index (χ0n) is 18.0. The molecule has 1 fully saturated rings. The van der Waals surface area contributed by atoms with E-state index in [1.54, 1.807) is 47.4 Å². The fourth-order valence-corrected chi connectivity index (χ4v) is 3.37. The van der Waals surface area contributed by atoms with Crippen molar-refractivity contribution < 1.29 is 24.2 Å². The summed E-state index contributed by atoms with van der Waals surface area (Å²) in [6.45, 7) is 2.19. The van der Waals surface area contributed by atoms with Gasteiger partial charge in [-0.1, -0.05) is 23.7 Å². The second-order valence-corrected chi connectivity index (χ2v) is 7.70. The van der Waals surface area contributed by atoms with E-state index in [4.69, 9.17) is 21.1 Å². The number of halogens is 1. The molecule has 0 radical (unpaired) electrons. The van der Waals surface area contributed by atoms with Gasteiger partial charge >= 0.3 is 5.97 Å². The number of aromatic carboxylic acids is 1. The SMILES string of the molecule is O=C(O)c1ccccc1Nc1nc(Nc2ccc(OCC(=O)N3CCOCC3)cc2)ncc1Cl. The minimum absolute atomic E-state index is 0.0417. The first-order chi connectivity index (χ1) is 16.5. The van der Waals surface area contributed by atoms with Crippen molar-refractivity contribution in [3.8, 4) is 5.75 Å². The lowest BCUT2D eigenvalue weighted by molar-refractivity contribution is -0.137. The van der Waals surface area contributed by atoms with Gasteiger partial charge in [0.25, 0.3) is 5.91 Å². The minimum Gasteiger partial charge on any atom is -0.484 e. The molecule has 176 valence electrons. The third kappa shape index (κ3) is 5.91. The number of para-hydroxylation sites is 1. The van der Waals surface area contributed by atoms with Gasteiger partial charge in [0.05, 0.1) is 30.7 Å². The summed E-state index contributed by atoms with van der Waals surface area (Å²) in [5, 5.41) is 15.6. The Labute approximate surface area is 200 Å². The number of carboxylic acids is 1. The molecule has 4 rings (SSSR count). The topological polar surface area (TPSA) is 126 Å². The first-order valence-electron chi connectivity index (χ1n) is 10.5. The standard InChI is InChI=1S/C23H22ClN5O5/c24-18-13-25-23(28-21(18)27-19-4-2-1-3-17(19)22(31)32)26-15-5-7-16(8-6-15)34-14-20(30)29-9-11-33-12-10-29/h1-8,13H,9-12,14H2,(H,31,32)(H2,25,26,27,28). The highest BCUT2D eigenvalue weighted by Gasteiger charge is 2.17. The van der Waals surface area contributed by atoms with Crippen molar-refractivity contribution in [2.75, 3.05) is 43.5 Å². The molecule has 10 nitrogen and oxygen atoms in total. The zero-order chi connectivity index (χ0) is 23.9. The number of hydrogen-bond acceptors (Lipinski definition) is 8. The quantitative estimate of drug-likeness (QED) is 0.440. The minimum atomic E-state index is -1.07. The molecule has 0 spiro atoms. The van der Waals surface area contributed by atoms with Crippen LogP contribution in [-0.4, -0.2) is 64.8 Å². The number of anilines is 4. The van der Waals surface area contributed by atoms with Crippen LogP contribution >= 0.6 is 11.6 Å². The van der Waals surface area contributed by atoms with Crippen LogP contribution in [0.4, 0.5) is 23.1 Å². The fraction of sp³-hybridized carbons (Fsp3) is 0.217. The van der Waals surface area contributed by atoms with Crippen molar-refractivity contribution in [3.63, 3.8) is 0 Å². The van der Waals surface area contributed by atoms with Gasteiger partial charge < -0.3 is 30.1 Å². The Morgan fingerprint density at radius 2 is 1.82 bits per heavy atom. The molecule has 0 unspecified atom stereocenters. The van der Waals surface area contributed by atoms with Gasteiger partial charge in [0, 0.05) is 18.8 Å². The predicted molar refractivity (Wildman–Crippen MR) is 126 cm³/mol. The van der Waals surface area contributed by atoms with Gasteiger partial charge in [-0.2, -0.15) is 4.98 Å². The molecule has 2 aromatic carbocycles. The van der Waals surface area contributed by atoms with E-state index in [0.29, 0.717) is 43.4 Å². The summed E-state index contributed by atoms with van der Waals surface area (Å²) < 4.78 is 10.8. The molecule has 1 aliphatic rings. The Kier molecular flexibility index (Phi) is 7.41. The highest BCUT2D eigenvalue weighted by molar-refractivity contribution is 6.33. The van der Waals surface area contributed by atoms with Gasteiger partial charge in [-0.15, -0.1) is 0 Å². The van der Waals surface area contributed by atoms with Crippen LogP contribution in [0.25, 0.3) is 0 Å². The fourth-order valence-electron chi connectivity index (χ4n) is 3.23. The van der Waals surface area contributed by atoms with Crippen LogP contribution in [0.15, 0.2) is 54.7 Å². The van der Waals surface area contributed by atoms with Crippen LogP contribution in [-0.2, 0) is 9.53 Å². The number of carboxylic acid groups (broad SMARTS) is 1. The van der Waals surface area contributed by atoms with E-state index in [9.17, 15) is 14.7 Å². The number of carbonyl (C=O) groups is 2. The smallest absolute Gasteiger partial charge is 0.337 e. The van der Waals surface area contributed by atoms with E-state index in [1.165, 1.54) is 12.3 Å². The molecule has 0 aliphatic carbocycles. The number of nitrogens with one attached hydrogen (secondary N) is 2. The van der Waals surface area contributed by atoms with Crippen LogP contribution in [0, 0.1) is 0 Å². The molecule has 1 saturated heterocycles. The van der Waals surface area contributed by atoms with Crippen LogP contribution < -0.4 is 15.4 Å². The monoisotopic (exact) mass is 483 g/mol. The molecular weight excluding hydrogens is 462 g/mol. The third-order valence-electron chi connectivity index (χ3n) is 4.99. The Morgan fingerprint density at radius 3 is 2.56 bits per heavy atom. The highest BCUT2D eigenvalue weighted by Crippen LogP contribution is 2.27. The molecule has 0 saturated carbocycles. The van der Waals surface area contributed by atoms with Crippen molar-refractivity contribution in [2.24, 2.45) is 0 Å². The highest BCUT2D eigenvalue weighted by atomic mass is 35.5. The number of amides is 1. The van der Waals surface area contributed by atoms with Gasteiger partial charge in [-0.25, -0.2) is 9.78 Å². The molecular formula is C23H22ClN5O5. The molecule has 0 atom stereocenters. The summed E-state index contributed by atoms with van der Waals surface area (Å²) in [7, 11) is 0. The summed E-state index contributed by atoms with van der Waals surface area (Å²) in [4.78, 5) is 33.9. The van der Waals surface area contributed by atoms with Gasteiger partial charge in [-0.3, -0.25) is 4.79 Å². The predicted octanol–water partition coefficient (Wildman–Crippen LogP) is 3.55. The lowest BCUT2D eigenvalue weighted by Crippen LogP contribution is -2.42. The molecule has 1 amide bonds. The van der Waals surface area contributed by atoms with Gasteiger partial charge in [0.15, 0.2) is 12.4 Å². The Morgan fingerprint density at radius 1 is 1.09 bits per heavy atom. The van der Waals surface area contributed by atoms with Crippen LogP contribution in [0.2, 0.25) is 5.02 Å². The zero-order valence-corrected chi connectivity index (χ0v) is 18.8. The average Bonchev–Trinajstić information content (AvgIpc) is 2.86. The van der Waals surface area contributed by atoms with E-state index in [0.717, 1.165) is 0 Å². The van der Waals surface area contributed by atoms with Crippen molar-refractivity contribution in [3.05, 3.63) is 65.3 Å². The summed E-state index contributed by atoms with van der Waals surface area (Å²) in [5.74, 6) is -0.0766. The molecule has 1 aliphatic heterocycles. The number of ether oxygens (including phenoxy) is 2. The van der Waals surface area contributed by atoms with E-state index in [-0.39, 0.29) is 34.9 Å². The first-order valence-corrected chi connectivity index (χ1v) is 10.8. The Hall–Kier alpha value is -3.89. The number of carbonyl (C=O) groups excluding carboxylic acids is 1. The Bertz CT molecular complexity index is 1170. The van der Waals surface area contributed by atoms with Crippen molar-refractivity contribution in [1.29, 1.82) is 0 Å². The number of hydrogen-bond donors (Lipinski definition) is 3. The molecule has 0 bridgehead atoms. The number of morpholine rings is 1. The summed E-state index contributed by atoms with van der Waals surface area (Å²) in [5.41, 5.74) is 1.13. The van der Waals surface area contributed by atoms with Gasteiger partial charge in [0.2, 0.25) is 5.95 Å². The van der Waals surface area contributed by atoms with Crippen molar-refractivity contribution in [1.82, 2.24) is 14.9 Å². The normalized spacial score (nSPS) is 13.3. The number of aromatic nitrogens is 2. The second-order valence-electron chi connectivity index (χ2n) is 7.30. The number of nitrogens with zero attached hydrogens (tertiary/aromatic N) is 3. The maximum Gasteiger partial charge on any atom is 0.337 e.